The highest BCUT2D eigenvalue weighted by atomic mass is 16.2. The molecule has 1 heterocycles. The average molecular weight is 224 g/mol. The van der Waals surface area contributed by atoms with Gasteiger partial charge in [-0.05, 0) is 19.4 Å². The number of primary amides is 1. The van der Waals surface area contributed by atoms with Gasteiger partial charge in [0.15, 0.2) is 0 Å². The zero-order chi connectivity index (χ0) is 12.1. The van der Waals surface area contributed by atoms with Gasteiger partial charge in [0, 0.05) is 5.69 Å². The van der Waals surface area contributed by atoms with Crippen molar-refractivity contribution in [2.24, 2.45) is 5.73 Å². The van der Waals surface area contributed by atoms with Gasteiger partial charge in [-0.15, -0.1) is 0 Å². The first-order chi connectivity index (χ1) is 7.54. The van der Waals surface area contributed by atoms with E-state index in [1.807, 2.05) is 6.92 Å². The van der Waals surface area contributed by atoms with E-state index in [1.54, 1.807) is 6.07 Å². The molecule has 0 fully saturated rings. The number of carbonyl (C=O) groups is 2. The maximum absolute atomic E-state index is 11.6. The van der Waals surface area contributed by atoms with Gasteiger partial charge in [-0.1, -0.05) is 13.3 Å². The van der Waals surface area contributed by atoms with Crippen LogP contribution in [0.3, 0.4) is 0 Å². The maximum atomic E-state index is 11.6. The SMILES string of the molecule is CCCc1cc(C(=O)N[C@H](C)C(N)=O)n[nH]1. The minimum absolute atomic E-state index is 0.275. The molecule has 6 heteroatoms. The Hall–Kier alpha value is -1.85. The molecule has 1 aromatic heterocycles. The minimum atomic E-state index is -0.696. The normalized spacial score (nSPS) is 12.1. The van der Waals surface area contributed by atoms with Crippen molar-refractivity contribution in [1.29, 1.82) is 0 Å². The van der Waals surface area contributed by atoms with Gasteiger partial charge in [-0.2, -0.15) is 5.10 Å². The zero-order valence-electron chi connectivity index (χ0n) is 9.41. The molecule has 2 amide bonds. The molecule has 1 aromatic rings. The molecule has 0 bridgehead atoms. The minimum Gasteiger partial charge on any atom is -0.368 e. The van der Waals surface area contributed by atoms with Gasteiger partial charge in [0.2, 0.25) is 5.91 Å². The van der Waals surface area contributed by atoms with Crippen molar-refractivity contribution in [1.82, 2.24) is 15.5 Å². The number of rotatable bonds is 5. The van der Waals surface area contributed by atoms with Gasteiger partial charge < -0.3 is 11.1 Å². The lowest BCUT2D eigenvalue weighted by atomic mass is 10.2. The molecule has 88 valence electrons. The topological polar surface area (TPSA) is 101 Å². The molecule has 1 atom stereocenters. The summed E-state index contributed by atoms with van der Waals surface area (Å²) in [6.45, 7) is 3.57. The standard InChI is InChI=1S/C10H16N4O2/c1-3-4-7-5-8(14-13-7)10(16)12-6(2)9(11)15/h5-6H,3-4H2,1-2H3,(H2,11,15)(H,12,16)(H,13,14)/t6-/m1/s1. The third kappa shape index (κ3) is 3.08. The van der Waals surface area contributed by atoms with Crippen LogP contribution >= 0.6 is 0 Å². The van der Waals surface area contributed by atoms with Gasteiger partial charge >= 0.3 is 0 Å². The highest BCUT2D eigenvalue weighted by Crippen LogP contribution is 2.02. The first-order valence-corrected chi connectivity index (χ1v) is 5.19. The Labute approximate surface area is 93.6 Å². The van der Waals surface area contributed by atoms with Crippen molar-refractivity contribution in [2.75, 3.05) is 0 Å². The van der Waals surface area contributed by atoms with Crippen LogP contribution in [0.4, 0.5) is 0 Å². The lowest BCUT2D eigenvalue weighted by Gasteiger charge is -2.07. The second-order valence-electron chi connectivity index (χ2n) is 3.63. The zero-order valence-corrected chi connectivity index (χ0v) is 9.41. The summed E-state index contributed by atoms with van der Waals surface area (Å²) in [7, 11) is 0. The van der Waals surface area contributed by atoms with Crippen LogP contribution in [0.1, 0.15) is 36.5 Å². The molecule has 0 aromatic carbocycles. The summed E-state index contributed by atoms with van der Waals surface area (Å²) in [4.78, 5) is 22.3. The van der Waals surface area contributed by atoms with E-state index >= 15 is 0 Å². The molecule has 0 unspecified atom stereocenters. The van der Waals surface area contributed by atoms with Crippen LogP contribution in [0, 0.1) is 0 Å². The number of aromatic amines is 1. The second-order valence-corrected chi connectivity index (χ2v) is 3.63. The number of H-pyrrole nitrogens is 1. The Morgan fingerprint density at radius 2 is 2.31 bits per heavy atom. The molecule has 0 radical (unpaired) electrons. The van der Waals surface area contributed by atoms with E-state index in [9.17, 15) is 9.59 Å². The number of hydrogen-bond donors (Lipinski definition) is 3. The van der Waals surface area contributed by atoms with E-state index in [0.29, 0.717) is 0 Å². The lowest BCUT2D eigenvalue weighted by molar-refractivity contribution is -0.119. The number of hydrogen-bond acceptors (Lipinski definition) is 3. The van der Waals surface area contributed by atoms with E-state index in [2.05, 4.69) is 15.5 Å². The predicted octanol–water partition coefficient (Wildman–Crippen LogP) is -0.0342. The van der Waals surface area contributed by atoms with Gasteiger partial charge in [-0.3, -0.25) is 14.7 Å². The fourth-order valence-corrected chi connectivity index (χ4v) is 1.22. The molecule has 1 rings (SSSR count). The summed E-state index contributed by atoms with van der Waals surface area (Å²) in [5, 5.41) is 9.08. The Bertz CT molecular complexity index is 386. The van der Waals surface area contributed by atoms with Crippen molar-refractivity contribution < 1.29 is 9.59 Å². The molecule has 0 spiro atoms. The fraction of sp³-hybridized carbons (Fsp3) is 0.500. The van der Waals surface area contributed by atoms with Crippen molar-refractivity contribution in [3.63, 3.8) is 0 Å². The van der Waals surface area contributed by atoms with Gasteiger partial charge in [0.25, 0.3) is 5.91 Å². The van der Waals surface area contributed by atoms with Gasteiger partial charge in [0.05, 0.1) is 0 Å². The third-order valence-electron chi connectivity index (χ3n) is 2.16. The number of aryl methyl sites for hydroxylation is 1. The summed E-state index contributed by atoms with van der Waals surface area (Å²) in [5.74, 6) is -0.970. The predicted molar refractivity (Wildman–Crippen MR) is 58.7 cm³/mol. The molecule has 0 aliphatic rings. The van der Waals surface area contributed by atoms with Crippen LogP contribution in [-0.4, -0.2) is 28.1 Å². The van der Waals surface area contributed by atoms with E-state index in [0.717, 1.165) is 18.5 Å². The van der Waals surface area contributed by atoms with Crippen LogP contribution < -0.4 is 11.1 Å². The molecule has 0 saturated heterocycles. The molecular weight excluding hydrogens is 208 g/mol. The highest BCUT2D eigenvalue weighted by Gasteiger charge is 2.15. The Kier molecular flexibility index (Phi) is 4.04. The van der Waals surface area contributed by atoms with Crippen LogP contribution in [0.2, 0.25) is 0 Å². The molecule has 0 aliphatic carbocycles. The van der Waals surface area contributed by atoms with Crippen molar-refractivity contribution in [2.45, 2.75) is 32.7 Å². The van der Waals surface area contributed by atoms with E-state index < -0.39 is 17.9 Å². The van der Waals surface area contributed by atoms with Crippen LogP contribution in [0.15, 0.2) is 6.07 Å². The van der Waals surface area contributed by atoms with Crippen molar-refractivity contribution in [3.8, 4) is 0 Å². The van der Waals surface area contributed by atoms with Crippen LogP contribution in [0.5, 0.6) is 0 Å². The molecule has 4 N–H and O–H groups in total. The van der Waals surface area contributed by atoms with Crippen molar-refractivity contribution >= 4 is 11.8 Å². The van der Waals surface area contributed by atoms with Gasteiger partial charge in [0.1, 0.15) is 11.7 Å². The van der Waals surface area contributed by atoms with E-state index in [1.165, 1.54) is 6.92 Å². The molecule has 0 aliphatic heterocycles. The Balaban J connectivity index is 2.62. The number of amides is 2. The molecule has 0 saturated carbocycles. The monoisotopic (exact) mass is 224 g/mol. The summed E-state index contributed by atoms with van der Waals surface area (Å²) < 4.78 is 0. The van der Waals surface area contributed by atoms with E-state index in [4.69, 9.17) is 5.73 Å². The number of nitrogens with one attached hydrogen (secondary N) is 2. The average Bonchev–Trinajstić information content (AvgIpc) is 2.66. The first kappa shape index (κ1) is 12.2. The third-order valence-corrected chi connectivity index (χ3v) is 2.16. The van der Waals surface area contributed by atoms with Crippen molar-refractivity contribution in [3.05, 3.63) is 17.5 Å². The Morgan fingerprint density at radius 1 is 1.62 bits per heavy atom. The van der Waals surface area contributed by atoms with Crippen LogP contribution in [-0.2, 0) is 11.2 Å². The number of carbonyl (C=O) groups excluding carboxylic acids is 2. The highest BCUT2D eigenvalue weighted by molar-refractivity contribution is 5.95. The number of nitrogens with zero attached hydrogens (tertiary/aromatic N) is 1. The van der Waals surface area contributed by atoms with Crippen LogP contribution in [0.25, 0.3) is 0 Å². The van der Waals surface area contributed by atoms with Gasteiger partial charge in [-0.25, -0.2) is 0 Å². The summed E-state index contributed by atoms with van der Waals surface area (Å²) in [6, 6.07) is 0.978. The largest absolute Gasteiger partial charge is 0.368 e. The lowest BCUT2D eigenvalue weighted by Crippen LogP contribution is -2.42. The Morgan fingerprint density at radius 3 is 2.88 bits per heavy atom. The maximum Gasteiger partial charge on any atom is 0.272 e. The smallest absolute Gasteiger partial charge is 0.272 e. The quantitative estimate of drug-likeness (QED) is 0.654. The number of aromatic nitrogens is 2. The number of nitrogens with two attached hydrogens (primary N) is 1. The molecule has 16 heavy (non-hydrogen) atoms. The summed E-state index contributed by atoms with van der Waals surface area (Å²) in [6.07, 6.45) is 1.81. The fourth-order valence-electron chi connectivity index (χ4n) is 1.22. The molecule has 6 nitrogen and oxygen atoms in total. The summed E-state index contributed by atoms with van der Waals surface area (Å²) in [5.41, 5.74) is 6.21. The summed E-state index contributed by atoms with van der Waals surface area (Å²) >= 11 is 0. The first-order valence-electron chi connectivity index (χ1n) is 5.19. The molecular formula is C10H16N4O2. The van der Waals surface area contributed by atoms with E-state index in [-0.39, 0.29) is 5.69 Å². The second kappa shape index (κ2) is 5.29.